The van der Waals surface area contributed by atoms with Crippen molar-refractivity contribution in [3.63, 3.8) is 0 Å². The van der Waals surface area contributed by atoms with Gasteiger partial charge in [0.05, 0.1) is 5.71 Å². The minimum atomic E-state index is -1.48. The van der Waals surface area contributed by atoms with Crippen molar-refractivity contribution < 1.29 is 29.4 Å². The molecule has 2 fully saturated rings. The Kier molecular flexibility index (Phi) is 6.86. The maximum Gasteiger partial charge on any atom is 0.331 e. The van der Waals surface area contributed by atoms with Gasteiger partial charge in [0, 0.05) is 23.5 Å². The van der Waals surface area contributed by atoms with Crippen LogP contribution in [0.1, 0.15) is 72.8 Å². The van der Waals surface area contributed by atoms with Gasteiger partial charge in [-0.2, -0.15) is 0 Å². The Hall–Kier alpha value is -3.87. The standard InChI is InChI=1S/C31H33NO6/c1-18-13-14-31(30(35)36,16-24(18)29(33)34)26-6-4-5-23(20-7-8-20)25(26)17-38-27-12-11-22(15-19(27)2)28(32-37-3)21-9-10-21/h4-6,11-15,20-21H,7-10,16-17H2,1-3H3,(H,33,34)(H,35,36). The second-order valence-electron chi connectivity index (χ2n) is 10.6. The number of nitrogens with zero attached hydrogens (tertiary/aromatic N) is 1. The largest absolute Gasteiger partial charge is 0.489 e. The van der Waals surface area contributed by atoms with Crippen LogP contribution in [0.15, 0.2) is 64.9 Å². The maximum atomic E-state index is 12.8. The Morgan fingerprint density at radius 3 is 2.45 bits per heavy atom. The first-order chi connectivity index (χ1) is 18.2. The molecule has 2 N–H and O–H groups in total. The molecule has 2 aromatic carbocycles. The van der Waals surface area contributed by atoms with E-state index >= 15 is 0 Å². The molecule has 7 heteroatoms. The van der Waals surface area contributed by atoms with Crippen LogP contribution < -0.4 is 4.74 Å². The highest BCUT2D eigenvalue weighted by Crippen LogP contribution is 2.47. The van der Waals surface area contributed by atoms with Gasteiger partial charge in [-0.25, -0.2) is 4.79 Å². The lowest BCUT2D eigenvalue weighted by Gasteiger charge is -2.33. The molecule has 0 bridgehead atoms. The molecule has 0 aliphatic heterocycles. The zero-order valence-corrected chi connectivity index (χ0v) is 22.0. The number of oxime groups is 1. The van der Waals surface area contributed by atoms with Crippen molar-refractivity contribution in [2.24, 2.45) is 11.1 Å². The van der Waals surface area contributed by atoms with E-state index in [1.165, 1.54) is 0 Å². The number of aryl methyl sites for hydroxylation is 1. The van der Waals surface area contributed by atoms with Gasteiger partial charge in [0.15, 0.2) is 0 Å². The lowest BCUT2D eigenvalue weighted by atomic mass is 9.69. The number of benzene rings is 2. The van der Waals surface area contributed by atoms with E-state index in [9.17, 15) is 19.8 Å². The smallest absolute Gasteiger partial charge is 0.331 e. The third kappa shape index (κ3) is 4.85. The molecule has 38 heavy (non-hydrogen) atoms. The minimum absolute atomic E-state index is 0.113. The van der Waals surface area contributed by atoms with E-state index in [4.69, 9.17) is 9.57 Å². The maximum absolute atomic E-state index is 12.8. The van der Waals surface area contributed by atoms with Crippen LogP contribution in [0.25, 0.3) is 0 Å². The second kappa shape index (κ2) is 10.1. The number of hydrogen-bond donors (Lipinski definition) is 2. The molecule has 2 saturated carbocycles. The van der Waals surface area contributed by atoms with Gasteiger partial charge in [-0.3, -0.25) is 4.79 Å². The van der Waals surface area contributed by atoms with Gasteiger partial charge >= 0.3 is 11.9 Å². The van der Waals surface area contributed by atoms with E-state index in [1.807, 2.05) is 37.3 Å². The van der Waals surface area contributed by atoms with Crippen molar-refractivity contribution in [1.82, 2.24) is 0 Å². The Morgan fingerprint density at radius 2 is 1.84 bits per heavy atom. The summed E-state index contributed by atoms with van der Waals surface area (Å²) in [4.78, 5) is 29.8. The van der Waals surface area contributed by atoms with Crippen molar-refractivity contribution in [1.29, 1.82) is 0 Å². The van der Waals surface area contributed by atoms with Gasteiger partial charge in [-0.15, -0.1) is 0 Å². The van der Waals surface area contributed by atoms with E-state index in [2.05, 4.69) is 11.2 Å². The molecule has 3 aliphatic carbocycles. The molecule has 0 heterocycles. The molecular weight excluding hydrogens is 482 g/mol. The van der Waals surface area contributed by atoms with Crippen LogP contribution in [-0.2, 0) is 26.4 Å². The zero-order chi connectivity index (χ0) is 27.0. The summed E-state index contributed by atoms with van der Waals surface area (Å²) in [6, 6.07) is 11.7. The summed E-state index contributed by atoms with van der Waals surface area (Å²) < 4.78 is 6.35. The van der Waals surface area contributed by atoms with Crippen molar-refractivity contribution in [3.05, 3.63) is 87.5 Å². The SMILES string of the molecule is CON=C(c1ccc(OCc2c(C3CC3)cccc2C2(C(=O)O)C=CC(C)=C(C(=O)O)C2)c(C)c1)C1CC1. The monoisotopic (exact) mass is 515 g/mol. The number of carboxylic acids is 2. The predicted octanol–water partition coefficient (Wildman–Crippen LogP) is 5.90. The predicted molar refractivity (Wildman–Crippen MR) is 144 cm³/mol. The van der Waals surface area contributed by atoms with Gasteiger partial charge < -0.3 is 19.8 Å². The van der Waals surface area contributed by atoms with Crippen molar-refractivity contribution >= 4 is 17.7 Å². The zero-order valence-electron chi connectivity index (χ0n) is 22.0. The van der Waals surface area contributed by atoms with E-state index in [-0.39, 0.29) is 18.6 Å². The van der Waals surface area contributed by atoms with Crippen molar-refractivity contribution in [3.8, 4) is 5.75 Å². The average Bonchev–Trinajstić information content (AvgIpc) is 3.81. The number of ether oxygens (including phenoxy) is 1. The second-order valence-corrected chi connectivity index (χ2v) is 10.6. The number of carbonyl (C=O) groups is 2. The molecule has 5 rings (SSSR count). The van der Waals surface area contributed by atoms with Gasteiger partial charge in [-0.05, 0) is 91.5 Å². The topological polar surface area (TPSA) is 105 Å². The summed E-state index contributed by atoms with van der Waals surface area (Å²) in [7, 11) is 1.56. The Morgan fingerprint density at radius 1 is 1.08 bits per heavy atom. The number of carboxylic acid groups (broad SMARTS) is 2. The van der Waals surface area contributed by atoms with Gasteiger partial charge in [0.2, 0.25) is 0 Å². The molecule has 0 radical (unpaired) electrons. The summed E-state index contributed by atoms with van der Waals surface area (Å²) >= 11 is 0. The van der Waals surface area contributed by atoms with Gasteiger partial charge in [-0.1, -0.05) is 35.5 Å². The van der Waals surface area contributed by atoms with E-state index in [0.29, 0.717) is 28.7 Å². The number of allylic oxidation sites excluding steroid dienone is 2. The Bertz CT molecular complexity index is 1380. The molecular formula is C31H33NO6. The first-order valence-corrected chi connectivity index (χ1v) is 13.1. The minimum Gasteiger partial charge on any atom is -0.489 e. The molecule has 0 spiro atoms. The fraction of sp³-hybridized carbons (Fsp3) is 0.387. The number of aliphatic carboxylic acids is 2. The average molecular weight is 516 g/mol. The number of hydrogen-bond acceptors (Lipinski definition) is 5. The molecule has 0 saturated heterocycles. The van der Waals surface area contributed by atoms with Crippen molar-refractivity contribution in [2.75, 3.05) is 7.11 Å². The molecule has 1 atom stereocenters. The molecule has 3 aliphatic rings. The fourth-order valence-electron chi connectivity index (χ4n) is 5.44. The first-order valence-electron chi connectivity index (χ1n) is 13.1. The van der Waals surface area contributed by atoms with Crippen LogP contribution in [0.2, 0.25) is 0 Å². The third-order valence-electron chi connectivity index (χ3n) is 7.90. The molecule has 1 unspecified atom stereocenters. The molecule has 7 nitrogen and oxygen atoms in total. The van der Waals surface area contributed by atoms with Crippen molar-refractivity contribution in [2.45, 2.75) is 63.9 Å². The summed E-state index contributed by atoms with van der Waals surface area (Å²) in [6.45, 7) is 3.88. The highest BCUT2D eigenvalue weighted by molar-refractivity contribution is 6.03. The molecule has 2 aromatic rings. The van der Waals surface area contributed by atoms with E-state index < -0.39 is 17.4 Å². The summed E-state index contributed by atoms with van der Waals surface area (Å²) in [6.07, 6.45) is 7.46. The lowest BCUT2D eigenvalue weighted by molar-refractivity contribution is -0.142. The van der Waals surface area contributed by atoms with Crippen LogP contribution in [0.5, 0.6) is 5.75 Å². The lowest BCUT2D eigenvalue weighted by Crippen LogP contribution is -2.38. The van der Waals surface area contributed by atoms with Gasteiger partial charge in [0.1, 0.15) is 24.9 Å². The fourth-order valence-corrected chi connectivity index (χ4v) is 5.44. The summed E-state index contributed by atoms with van der Waals surface area (Å²) in [5.41, 5.74) is 4.63. The van der Waals surface area contributed by atoms with Gasteiger partial charge in [0.25, 0.3) is 0 Å². The van der Waals surface area contributed by atoms with Crippen LogP contribution in [-0.4, -0.2) is 35.0 Å². The first kappa shape index (κ1) is 25.8. The molecule has 0 aromatic heterocycles. The van der Waals surface area contributed by atoms with E-state index in [1.54, 1.807) is 26.2 Å². The van der Waals surface area contributed by atoms with Crippen LogP contribution >= 0.6 is 0 Å². The number of rotatable bonds is 10. The highest BCUT2D eigenvalue weighted by atomic mass is 16.6. The molecule has 198 valence electrons. The van der Waals surface area contributed by atoms with Crippen LogP contribution in [0.4, 0.5) is 0 Å². The Labute approximate surface area is 222 Å². The quantitative estimate of drug-likeness (QED) is 0.302. The Balaban J connectivity index is 1.50. The van der Waals surface area contributed by atoms with E-state index in [0.717, 1.165) is 53.6 Å². The molecule has 0 amide bonds. The normalized spacial score (nSPS) is 21.4. The van der Waals surface area contributed by atoms with Crippen LogP contribution in [0, 0.1) is 12.8 Å². The summed E-state index contributed by atoms with van der Waals surface area (Å²) in [5.74, 6) is -0.661. The summed E-state index contributed by atoms with van der Waals surface area (Å²) in [5, 5.41) is 24.5. The highest BCUT2D eigenvalue weighted by Gasteiger charge is 2.44. The van der Waals surface area contributed by atoms with Crippen LogP contribution in [0.3, 0.4) is 0 Å². The third-order valence-corrected chi connectivity index (χ3v) is 7.90.